The topological polar surface area (TPSA) is 41.5 Å². The predicted molar refractivity (Wildman–Crippen MR) is 127 cm³/mol. The molecule has 0 unspecified atom stereocenters. The number of hydrogen-bond acceptors (Lipinski definition) is 5. The lowest BCUT2D eigenvalue weighted by Gasteiger charge is -2.37. The van der Waals surface area contributed by atoms with E-state index >= 15 is 0 Å². The number of piperazine rings is 1. The summed E-state index contributed by atoms with van der Waals surface area (Å²) in [6.45, 7) is 5.83. The molecule has 0 radical (unpaired) electrons. The Labute approximate surface area is 182 Å². The standard InChI is InChI=1S/C26H26N4O/c1-19-7-9-20(10-8-19)25-27-24-6-4-3-5-23(24)26(28-25)30-17-15-29(16-18-30)21-11-13-22(31-2)14-12-21/h3-14H,15-18H2,1-2H3. The minimum Gasteiger partial charge on any atom is -0.497 e. The van der Waals surface area contributed by atoms with Crippen LogP contribution in [0.2, 0.25) is 0 Å². The van der Waals surface area contributed by atoms with Gasteiger partial charge in [-0.05, 0) is 43.3 Å². The predicted octanol–water partition coefficient (Wildman–Crippen LogP) is 4.94. The van der Waals surface area contributed by atoms with Gasteiger partial charge >= 0.3 is 0 Å². The second-order valence-corrected chi connectivity index (χ2v) is 7.93. The highest BCUT2D eigenvalue weighted by Gasteiger charge is 2.21. The number of anilines is 2. The summed E-state index contributed by atoms with van der Waals surface area (Å²) in [5.41, 5.74) is 4.50. The number of methoxy groups -OCH3 is 1. The minimum absolute atomic E-state index is 0.784. The van der Waals surface area contributed by atoms with Crippen molar-refractivity contribution in [3.05, 3.63) is 78.4 Å². The Kier molecular flexibility index (Phi) is 5.16. The Bertz CT molecular complexity index is 1180. The third kappa shape index (κ3) is 3.91. The van der Waals surface area contributed by atoms with E-state index in [-0.39, 0.29) is 0 Å². The summed E-state index contributed by atoms with van der Waals surface area (Å²) < 4.78 is 5.29. The number of nitrogens with zero attached hydrogens (tertiary/aromatic N) is 4. The number of ether oxygens (including phenoxy) is 1. The quantitative estimate of drug-likeness (QED) is 0.477. The molecular formula is C26H26N4O. The third-order valence-electron chi connectivity index (χ3n) is 5.91. The van der Waals surface area contributed by atoms with Crippen molar-refractivity contribution in [1.29, 1.82) is 0 Å². The van der Waals surface area contributed by atoms with E-state index in [0.29, 0.717) is 0 Å². The number of rotatable bonds is 4. The zero-order valence-electron chi connectivity index (χ0n) is 18.0. The van der Waals surface area contributed by atoms with Crippen LogP contribution in [0.5, 0.6) is 5.75 Å². The van der Waals surface area contributed by atoms with Crippen LogP contribution in [0.4, 0.5) is 11.5 Å². The fraction of sp³-hybridized carbons (Fsp3) is 0.231. The highest BCUT2D eigenvalue weighted by atomic mass is 16.5. The molecule has 1 saturated heterocycles. The summed E-state index contributed by atoms with van der Waals surface area (Å²) in [7, 11) is 1.70. The normalized spacial score (nSPS) is 14.1. The van der Waals surface area contributed by atoms with Crippen LogP contribution in [0.15, 0.2) is 72.8 Å². The van der Waals surface area contributed by atoms with Crippen molar-refractivity contribution in [3.8, 4) is 17.1 Å². The zero-order chi connectivity index (χ0) is 21.2. The second kappa shape index (κ2) is 8.26. The number of aromatic nitrogens is 2. The summed E-state index contributed by atoms with van der Waals surface area (Å²) in [4.78, 5) is 14.7. The van der Waals surface area contributed by atoms with Crippen LogP contribution >= 0.6 is 0 Å². The Hall–Kier alpha value is -3.60. The van der Waals surface area contributed by atoms with Gasteiger partial charge in [-0.15, -0.1) is 0 Å². The summed E-state index contributed by atoms with van der Waals surface area (Å²) in [6.07, 6.45) is 0. The van der Waals surface area contributed by atoms with Crippen LogP contribution in [-0.2, 0) is 0 Å². The van der Waals surface area contributed by atoms with E-state index in [4.69, 9.17) is 14.7 Å². The average molecular weight is 411 g/mol. The second-order valence-electron chi connectivity index (χ2n) is 7.93. The van der Waals surface area contributed by atoms with E-state index in [1.54, 1.807) is 7.11 Å². The van der Waals surface area contributed by atoms with Crippen molar-refractivity contribution in [2.24, 2.45) is 0 Å². The lowest BCUT2D eigenvalue weighted by molar-refractivity contribution is 0.415. The number of hydrogen-bond donors (Lipinski definition) is 0. The van der Waals surface area contributed by atoms with Gasteiger partial charge in [0, 0.05) is 42.8 Å². The minimum atomic E-state index is 0.784. The van der Waals surface area contributed by atoms with E-state index in [2.05, 4.69) is 71.3 Å². The summed E-state index contributed by atoms with van der Waals surface area (Å²) in [5.74, 6) is 2.69. The Balaban J connectivity index is 1.43. The molecular weight excluding hydrogens is 384 g/mol. The molecule has 0 saturated carbocycles. The first kappa shape index (κ1) is 19.4. The number of aryl methyl sites for hydroxylation is 1. The summed E-state index contributed by atoms with van der Waals surface area (Å²) in [5, 5.41) is 1.11. The fourth-order valence-corrected chi connectivity index (χ4v) is 4.10. The van der Waals surface area contributed by atoms with Gasteiger partial charge in [0.25, 0.3) is 0 Å². The number of benzene rings is 3. The SMILES string of the molecule is COc1ccc(N2CCN(c3nc(-c4ccc(C)cc4)nc4ccccc34)CC2)cc1. The molecule has 0 bridgehead atoms. The van der Waals surface area contributed by atoms with Crippen molar-refractivity contribution in [1.82, 2.24) is 9.97 Å². The molecule has 4 aromatic rings. The largest absolute Gasteiger partial charge is 0.497 e. The summed E-state index contributed by atoms with van der Waals surface area (Å²) in [6, 6.07) is 25.0. The van der Waals surface area contributed by atoms with E-state index < -0.39 is 0 Å². The molecule has 5 heteroatoms. The molecule has 2 heterocycles. The van der Waals surface area contributed by atoms with E-state index in [9.17, 15) is 0 Å². The number of para-hydroxylation sites is 1. The lowest BCUT2D eigenvalue weighted by Crippen LogP contribution is -2.47. The van der Waals surface area contributed by atoms with Crippen LogP contribution < -0.4 is 14.5 Å². The molecule has 0 amide bonds. The molecule has 1 aromatic heterocycles. The molecule has 0 spiro atoms. The maximum atomic E-state index is 5.29. The molecule has 3 aromatic carbocycles. The Morgan fingerprint density at radius 3 is 2.13 bits per heavy atom. The van der Waals surface area contributed by atoms with E-state index in [0.717, 1.165) is 60.0 Å². The summed E-state index contributed by atoms with van der Waals surface area (Å²) >= 11 is 0. The maximum absolute atomic E-state index is 5.29. The fourth-order valence-electron chi connectivity index (χ4n) is 4.10. The molecule has 5 nitrogen and oxygen atoms in total. The van der Waals surface area contributed by atoms with Gasteiger partial charge in [0.1, 0.15) is 11.6 Å². The number of fused-ring (bicyclic) bond motifs is 1. The van der Waals surface area contributed by atoms with Gasteiger partial charge < -0.3 is 14.5 Å². The monoisotopic (exact) mass is 410 g/mol. The van der Waals surface area contributed by atoms with Crippen molar-refractivity contribution in [2.75, 3.05) is 43.1 Å². The van der Waals surface area contributed by atoms with Gasteiger partial charge in [0.05, 0.1) is 12.6 Å². The first-order valence-corrected chi connectivity index (χ1v) is 10.7. The Morgan fingerprint density at radius 1 is 0.742 bits per heavy atom. The van der Waals surface area contributed by atoms with Crippen LogP contribution in [-0.4, -0.2) is 43.3 Å². The van der Waals surface area contributed by atoms with Crippen molar-refractivity contribution >= 4 is 22.4 Å². The highest BCUT2D eigenvalue weighted by Crippen LogP contribution is 2.29. The zero-order valence-corrected chi connectivity index (χ0v) is 18.0. The highest BCUT2D eigenvalue weighted by molar-refractivity contribution is 5.91. The maximum Gasteiger partial charge on any atom is 0.162 e. The van der Waals surface area contributed by atoms with Crippen molar-refractivity contribution < 1.29 is 4.74 Å². The van der Waals surface area contributed by atoms with Crippen LogP contribution in [0.3, 0.4) is 0 Å². The molecule has 1 aliphatic heterocycles. The van der Waals surface area contributed by atoms with E-state index in [1.165, 1.54) is 11.3 Å². The molecule has 0 aliphatic carbocycles. The van der Waals surface area contributed by atoms with Crippen molar-refractivity contribution in [2.45, 2.75) is 6.92 Å². The van der Waals surface area contributed by atoms with Gasteiger partial charge in [-0.2, -0.15) is 0 Å². The molecule has 1 fully saturated rings. The van der Waals surface area contributed by atoms with Gasteiger partial charge in [-0.25, -0.2) is 9.97 Å². The lowest BCUT2D eigenvalue weighted by atomic mass is 10.1. The van der Waals surface area contributed by atoms with Gasteiger partial charge in [-0.1, -0.05) is 42.0 Å². The molecule has 0 N–H and O–H groups in total. The first-order valence-electron chi connectivity index (χ1n) is 10.7. The Morgan fingerprint density at radius 2 is 1.42 bits per heavy atom. The molecule has 0 atom stereocenters. The molecule has 31 heavy (non-hydrogen) atoms. The molecule has 156 valence electrons. The average Bonchev–Trinajstić information content (AvgIpc) is 2.84. The smallest absolute Gasteiger partial charge is 0.162 e. The van der Waals surface area contributed by atoms with Gasteiger partial charge in [0.2, 0.25) is 0 Å². The van der Waals surface area contributed by atoms with E-state index in [1.807, 2.05) is 18.2 Å². The van der Waals surface area contributed by atoms with Gasteiger partial charge in [-0.3, -0.25) is 0 Å². The third-order valence-corrected chi connectivity index (χ3v) is 5.91. The van der Waals surface area contributed by atoms with Crippen LogP contribution in [0, 0.1) is 6.92 Å². The van der Waals surface area contributed by atoms with Crippen molar-refractivity contribution in [3.63, 3.8) is 0 Å². The van der Waals surface area contributed by atoms with Crippen LogP contribution in [0.25, 0.3) is 22.3 Å². The molecule has 1 aliphatic rings. The molecule has 5 rings (SSSR count). The van der Waals surface area contributed by atoms with Crippen LogP contribution in [0.1, 0.15) is 5.56 Å². The van der Waals surface area contributed by atoms with Gasteiger partial charge in [0.15, 0.2) is 5.82 Å². The first-order chi connectivity index (χ1) is 15.2.